The van der Waals surface area contributed by atoms with Gasteiger partial charge in [-0.2, -0.15) is 0 Å². The molecule has 0 aliphatic rings. The quantitative estimate of drug-likeness (QED) is 0.883. The SMILES string of the molecule is COc1ccc(-c2nnc(CNC(=O)CC(C)C)o2)cc1. The minimum atomic E-state index is -0.0193. The number of methoxy groups -OCH3 is 1. The Kier molecular flexibility index (Phi) is 4.92. The van der Waals surface area contributed by atoms with Gasteiger partial charge in [-0.05, 0) is 30.2 Å². The lowest BCUT2D eigenvalue weighted by atomic mass is 10.1. The minimum absolute atomic E-state index is 0.0193. The number of carbonyl (C=O) groups excluding carboxylic acids is 1. The van der Waals surface area contributed by atoms with Crippen LogP contribution in [0.3, 0.4) is 0 Å². The van der Waals surface area contributed by atoms with Crippen LogP contribution in [-0.4, -0.2) is 23.2 Å². The van der Waals surface area contributed by atoms with Gasteiger partial charge in [0.1, 0.15) is 5.75 Å². The van der Waals surface area contributed by atoms with Gasteiger partial charge in [0.15, 0.2) is 0 Å². The smallest absolute Gasteiger partial charge is 0.247 e. The van der Waals surface area contributed by atoms with Gasteiger partial charge in [-0.25, -0.2) is 0 Å². The zero-order chi connectivity index (χ0) is 15.2. The molecule has 1 N–H and O–H groups in total. The highest BCUT2D eigenvalue weighted by Crippen LogP contribution is 2.21. The van der Waals surface area contributed by atoms with E-state index in [4.69, 9.17) is 9.15 Å². The van der Waals surface area contributed by atoms with Crippen LogP contribution in [0.4, 0.5) is 0 Å². The molecule has 1 aromatic heterocycles. The van der Waals surface area contributed by atoms with E-state index in [9.17, 15) is 4.79 Å². The Bertz CT molecular complexity index is 590. The average molecular weight is 289 g/mol. The first kappa shape index (κ1) is 15.0. The highest BCUT2D eigenvalue weighted by Gasteiger charge is 2.10. The van der Waals surface area contributed by atoms with Gasteiger partial charge in [0.05, 0.1) is 13.7 Å². The Balaban J connectivity index is 1.96. The third kappa shape index (κ3) is 4.30. The number of nitrogens with zero attached hydrogens (tertiary/aromatic N) is 2. The van der Waals surface area contributed by atoms with E-state index in [1.165, 1.54) is 0 Å². The van der Waals surface area contributed by atoms with E-state index in [0.717, 1.165) is 11.3 Å². The average Bonchev–Trinajstić information content (AvgIpc) is 2.93. The molecule has 1 amide bonds. The molecule has 1 aromatic carbocycles. The summed E-state index contributed by atoms with van der Waals surface area (Å²) in [5, 5.41) is 10.7. The van der Waals surface area contributed by atoms with Crippen LogP contribution in [0.2, 0.25) is 0 Å². The van der Waals surface area contributed by atoms with E-state index in [-0.39, 0.29) is 12.5 Å². The molecular weight excluding hydrogens is 270 g/mol. The van der Waals surface area contributed by atoms with Gasteiger partial charge in [0, 0.05) is 12.0 Å². The molecule has 112 valence electrons. The number of amides is 1. The molecule has 0 radical (unpaired) electrons. The number of carbonyl (C=O) groups is 1. The van der Waals surface area contributed by atoms with E-state index in [1.54, 1.807) is 7.11 Å². The van der Waals surface area contributed by atoms with Gasteiger partial charge in [-0.15, -0.1) is 10.2 Å². The summed E-state index contributed by atoms with van der Waals surface area (Å²) in [5.74, 6) is 1.87. The molecule has 0 aliphatic heterocycles. The van der Waals surface area contributed by atoms with Gasteiger partial charge >= 0.3 is 0 Å². The van der Waals surface area contributed by atoms with E-state index < -0.39 is 0 Å². The summed E-state index contributed by atoms with van der Waals surface area (Å²) in [6.45, 7) is 4.23. The zero-order valence-electron chi connectivity index (χ0n) is 12.4. The largest absolute Gasteiger partial charge is 0.497 e. The van der Waals surface area contributed by atoms with Crippen LogP contribution in [0, 0.1) is 5.92 Å². The molecule has 6 nitrogen and oxygen atoms in total. The third-order valence-corrected chi connectivity index (χ3v) is 2.83. The number of ether oxygens (including phenoxy) is 1. The van der Waals surface area contributed by atoms with E-state index in [1.807, 2.05) is 38.1 Å². The summed E-state index contributed by atoms with van der Waals surface area (Å²) in [5.41, 5.74) is 0.808. The normalized spacial score (nSPS) is 10.7. The second-order valence-corrected chi connectivity index (χ2v) is 5.10. The van der Waals surface area contributed by atoms with Gasteiger partial charge in [0.25, 0.3) is 0 Å². The lowest BCUT2D eigenvalue weighted by Crippen LogP contribution is -2.24. The zero-order valence-corrected chi connectivity index (χ0v) is 12.4. The van der Waals surface area contributed by atoms with Crippen molar-refractivity contribution in [3.8, 4) is 17.2 Å². The topological polar surface area (TPSA) is 77.3 Å². The number of hydrogen-bond donors (Lipinski definition) is 1. The lowest BCUT2D eigenvalue weighted by Gasteiger charge is -2.04. The van der Waals surface area contributed by atoms with E-state index in [0.29, 0.717) is 24.1 Å². The molecule has 1 heterocycles. The molecule has 0 bridgehead atoms. The van der Waals surface area contributed by atoms with Crippen LogP contribution in [0.15, 0.2) is 28.7 Å². The predicted octanol–water partition coefficient (Wildman–Crippen LogP) is 2.41. The highest BCUT2D eigenvalue weighted by atomic mass is 16.5. The minimum Gasteiger partial charge on any atom is -0.497 e. The summed E-state index contributed by atoms with van der Waals surface area (Å²) < 4.78 is 10.6. The second-order valence-electron chi connectivity index (χ2n) is 5.10. The monoisotopic (exact) mass is 289 g/mol. The Hall–Kier alpha value is -2.37. The van der Waals surface area contributed by atoms with Gasteiger partial charge in [-0.3, -0.25) is 4.79 Å². The van der Waals surface area contributed by atoms with Crippen molar-refractivity contribution >= 4 is 5.91 Å². The molecule has 6 heteroatoms. The highest BCUT2D eigenvalue weighted by molar-refractivity contribution is 5.75. The van der Waals surface area contributed by atoms with Crippen molar-refractivity contribution in [2.24, 2.45) is 5.92 Å². The molecule has 2 aromatic rings. The number of aromatic nitrogens is 2. The molecule has 0 saturated heterocycles. The van der Waals surface area contributed by atoms with E-state index >= 15 is 0 Å². The standard InChI is InChI=1S/C15H19N3O3/c1-10(2)8-13(19)16-9-14-17-18-15(21-14)11-4-6-12(20-3)7-5-11/h4-7,10H,8-9H2,1-3H3,(H,16,19). The molecule has 0 saturated carbocycles. The number of rotatable bonds is 6. The van der Waals surface area contributed by atoms with Crippen molar-refractivity contribution in [3.05, 3.63) is 30.2 Å². The number of hydrogen-bond acceptors (Lipinski definition) is 5. The fraction of sp³-hybridized carbons (Fsp3) is 0.400. The van der Waals surface area contributed by atoms with Crippen LogP contribution in [-0.2, 0) is 11.3 Å². The van der Waals surface area contributed by atoms with Crippen LogP contribution >= 0.6 is 0 Å². The first-order chi connectivity index (χ1) is 10.1. The molecule has 0 atom stereocenters. The van der Waals surface area contributed by atoms with Crippen molar-refractivity contribution in [1.29, 1.82) is 0 Å². The second kappa shape index (κ2) is 6.88. The van der Waals surface area contributed by atoms with Crippen molar-refractivity contribution in [2.75, 3.05) is 7.11 Å². The predicted molar refractivity (Wildman–Crippen MR) is 77.6 cm³/mol. The Morgan fingerprint density at radius 3 is 2.62 bits per heavy atom. The number of nitrogens with one attached hydrogen (secondary N) is 1. The summed E-state index contributed by atoms with van der Waals surface area (Å²) in [6.07, 6.45) is 0.486. The van der Waals surface area contributed by atoms with Crippen LogP contribution < -0.4 is 10.1 Å². The molecule has 21 heavy (non-hydrogen) atoms. The van der Waals surface area contributed by atoms with Crippen LogP contribution in [0.25, 0.3) is 11.5 Å². The third-order valence-electron chi connectivity index (χ3n) is 2.83. The van der Waals surface area contributed by atoms with Crippen molar-refractivity contribution in [3.63, 3.8) is 0 Å². The maximum atomic E-state index is 11.6. The first-order valence-electron chi connectivity index (χ1n) is 6.82. The van der Waals surface area contributed by atoms with Crippen LogP contribution in [0.5, 0.6) is 5.75 Å². The Morgan fingerprint density at radius 1 is 1.29 bits per heavy atom. The van der Waals surface area contributed by atoms with Crippen molar-refractivity contribution in [1.82, 2.24) is 15.5 Å². The first-order valence-corrected chi connectivity index (χ1v) is 6.82. The molecule has 0 unspecified atom stereocenters. The fourth-order valence-electron chi connectivity index (χ4n) is 1.79. The molecule has 2 rings (SSSR count). The maximum Gasteiger partial charge on any atom is 0.247 e. The summed E-state index contributed by atoms with van der Waals surface area (Å²) in [7, 11) is 1.61. The Labute approximate surface area is 123 Å². The Morgan fingerprint density at radius 2 is 2.00 bits per heavy atom. The van der Waals surface area contributed by atoms with Crippen LogP contribution in [0.1, 0.15) is 26.2 Å². The molecule has 0 fully saturated rings. The molecule has 0 aliphatic carbocycles. The van der Waals surface area contributed by atoms with Crippen molar-refractivity contribution < 1.29 is 13.9 Å². The molecular formula is C15H19N3O3. The maximum absolute atomic E-state index is 11.6. The summed E-state index contributed by atoms with van der Waals surface area (Å²) in [6, 6.07) is 7.33. The fourth-order valence-corrected chi connectivity index (χ4v) is 1.79. The number of benzene rings is 1. The molecule has 0 spiro atoms. The summed E-state index contributed by atoms with van der Waals surface area (Å²) >= 11 is 0. The van der Waals surface area contributed by atoms with Crippen molar-refractivity contribution in [2.45, 2.75) is 26.8 Å². The van der Waals surface area contributed by atoms with Gasteiger partial charge in [-0.1, -0.05) is 13.8 Å². The van der Waals surface area contributed by atoms with E-state index in [2.05, 4.69) is 15.5 Å². The lowest BCUT2D eigenvalue weighted by molar-refractivity contribution is -0.122. The van der Waals surface area contributed by atoms with Gasteiger partial charge in [0.2, 0.25) is 17.7 Å². The van der Waals surface area contributed by atoms with Gasteiger partial charge < -0.3 is 14.5 Å². The summed E-state index contributed by atoms with van der Waals surface area (Å²) in [4.78, 5) is 11.6.